The van der Waals surface area contributed by atoms with E-state index in [1.54, 1.807) is 27.7 Å². The minimum atomic E-state index is -1.36. The number of ether oxygens (including phenoxy) is 1. The summed E-state index contributed by atoms with van der Waals surface area (Å²) in [6.07, 6.45) is -0.821. The Hall–Kier alpha value is -1.59. The molecule has 1 aliphatic heterocycles. The van der Waals surface area contributed by atoms with Crippen LogP contribution in [-0.4, -0.2) is 46.5 Å². The average molecular weight is 271 g/mol. The first-order chi connectivity index (χ1) is 8.62. The number of nitrogens with zero attached hydrogens (tertiary/aromatic N) is 1. The number of hydrogen-bond donors (Lipinski definition) is 1. The van der Waals surface area contributed by atoms with Crippen molar-refractivity contribution >= 4 is 17.8 Å². The first-order valence-electron chi connectivity index (χ1n) is 6.37. The summed E-state index contributed by atoms with van der Waals surface area (Å²) in [5.41, 5.74) is -2.06. The van der Waals surface area contributed by atoms with Gasteiger partial charge in [0.25, 0.3) is 0 Å². The number of carbonyl (C=O) groups excluding carboxylic acids is 2. The normalized spacial score (nSPS) is 24.2. The van der Waals surface area contributed by atoms with Gasteiger partial charge in [-0.25, -0.2) is 4.79 Å². The van der Waals surface area contributed by atoms with E-state index in [0.717, 1.165) is 4.90 Å². The molecule has 0 aromatic rings. The smallest absolute Gasteiger partial charge is 0.407 e. The average Bonchev–Trinajstić information content (AvgIpc) is 2.27. The predicted octanol–water partition coefficient (Wildman–Crippen LogP) is 1.68. The van der Waals surface area contributed by atoms with E-state index < -0.39 is 23.1 Å². The van der Waals surface area contributed by atoms with Gasteiger partial charge in [-0.05, 0) is 27.2 Å². The van der Waals surface area contributed by atoms with Crippen molar-refractivity contribution in [3.05, 3.63) is 0 Å². The second-order valence-electron chi connectivity index (χ2n) is 5.81. The lowest BCUT2D eigenvalue weighted by Crippen LogP contribution is -2.56. The van der Waals surface area contributed by atoms with Crippen molar-refractivity contribution in [3.63, 3.8) is 0 Å². The van der Waals surface area contributed by atoms with Crippen LogP contribution in [0.2, 0.25) is 0 Å². The Morgan fingerprint density at radius 3 is 2.42 bits per heavy atom. The summed E-state index contributed by atoms with van der Waals surface area (Å²) in [6, 6.07) is 0. The number of ketones is 1. The van der Waals surface area contributed by atoms with Crippen LogP contribution in [0.5, 0.6) is 0 Å². The molecular formula is C13H21NO5. The molecule has 1 amide bonds. The van der Waals surface area contributed by atoms with Gasteiger partial charge in [0.2, 0.25) is 0 Å². The fraction of sp³-hybridized carbons (Fsp3) is 0.769. The number of amides is 1. The summed E-state index contributed by atoms with van der Waals surface area (Å²) in [5, 5.41) is 9.03. The van der Waals surface area contributed by atoms with Crippen LogP contribution in [0.1, 0.15) is 40.5 Å². The third-order valence-electron chi connectivity index (χ3n) is 3.27. The monoisotopic (exact) mass is 271 g/mol. The Kier molecular flexibility index (Phi) is 4.22. The summed E-state index contributed by atoms with van der Waals surface area (Å²) in [4.78, 5) is 36.5. The number of carboxylic acid groups (broad SMARTS) is 1. The Labute approximate surface area is 112 Å². The maximum Gasteiger partial charge on any atom is 0.407 e. The number of esters is 1. The third-order valence-corrected chi connectivity index (χ3v) is 3.27. The van der Waals surface area contributed by atoms with Gasteiger partial charge < -0.3 is 14.7 Å². The molecule has 1 fully saturated rings. The molecular weight excluding hydrogens is 250 g/mol. The van der Waals surface area contributed by atoms with Crippen LogP contribution in [0.15, 0.2) is 0 Å². The van der Waals surface area contributed by atoms with Crippen molar-refractivity contribution in [2.75, 3.05) is 13.1 Å². The summed E-state index contributed by atoms with van der Waals surface area (Å²) in [7, 11) is 0. The van der Waals surface area contributed by atoms with E-state index in [-0.39, 0.29) is 31.7 Å². The number of likely N-dealkylation sites (tertiary alicyclic amines) is 1. The van der Waals surface area contributed by atoms with Gasteiger partial charge in [-0.1, -0.05) is 6.92 Å². The highest BCUT2D eigenvalue weighted by Crippen LogP contribution is 2.33. The fourth-order valence-electron chi connectivity index (χ4n) is 2.14. The Bertz CT molecular complexity index is 398. The van der Waals surface area contributed by atoms with Crippen LogP contribution in [0.4, 0.5) is 4.79 Å². The lowest BCUT2D eigenvalue weighted by molar-refractivity contribution is -0.173. The Morgan fingerprint density at radius 1 is 1.42 bits per heavy atom. The first-order valence-corrected chi connectivity index (χ1v) is 6.37. The van der Waals surface area contributed by atoms with Crippen LogP contribution in [0, 0.1) is 5.41 Å². The molecule has 0 saturated carbocycles. The van der Waals surface area contributed by atoms with Crippen LogP contribution in [0.3, 0.4) is 0 Å². The molecule has 6 nitrogen and oxygen atoms in total. The molecule has 19 heavy (non-hydrogen) atoms. The molecule has 1 rings (SSSR count). The number of hydrogen-bond acceptors (Lipinski definition) is 4. The number of rotatable bonds is 2. The highest BCUT2D eigenvalue weighted by atomic mass is 16.6. The van der Waals surface area contributed by atoms with Gasteiger partial charge in [-0.3, -0.25) is 9.59 Å². The summed E-state index contributed by atoms with van der Waals surface area (Å²) in [6.45, 7) is 6.88. The zero-order chi connectivity index (χ0) is 14.8. The van der Waals surface area contributed by atoms with E-state index >= 15 is 0 Å². The van der Waals surface area contributed by atoms with Crippen molar-refractivity contribution < 1.29 is 24.2 Å². The molecule has 0 aromatic heterocycles. The minimum Gasteiger partial charge on any atom is -0.465 e. The summed E-state index contributed by atoms with van der Waals surface area (Å²) in [5.74, 6) is -0.861. The highest BCUT2D eigenvalue weighted by Gasteiger charge is 2.50. The molecule has 0 bridgehead atoms. The summed E-state index contributed by atoms with van der Waals surface area (Å²) >= 11 is 0. The van der Waals surface area contributed by atoms with E-state index in [1.165, 1.54) is 0 Å². The number of carbonyl (C=O) groups is 3. The third kappa shape index (κ3) is 3.24. The molecule has 1 heterocycles. The van der Waals surface area contributed by atoms with Crippen molar-refractivity contribution in [3.8, 4) is 0 Å². The van der Waals surface area contributed by atoms with Crippen molar-refractivity contribution in [1.82, 2.24) is 4.90 Å². The Morgan fingerprint density at radius 2 is 2.00 bits per heavy atom. The minimum absolute atomic E-state index is 0.0549. The van der Waals surface area contributed by atoms with Crippen molar-refractivity contribution in [2.45, 2.75) is 46.1 Å². The van der Waals surface area contributed by atoms with E-state index in [2.05, 4.69) is 0 Å². The fourth-order valence-corrected chi connectivity index (χ4v) is 2.14. The first kappa shape index (κ1) is 15.5. The molecule has 1 unspecified atom stereocenters. The maximum absolute atomic E-state index is 12.3. The maximum atomic E-state index is 12.3. The van der Waals surface area contributed by atoms with Crippen LogP contribution < -0.4 is 0 Å². The van der Waals surface area contributed by atoms with Crippen molar-refractivity contribution in [1.29, 1.82) is 0 Å². The topological polar surface area (TPSA) is 83.9 Å². The number of piperidine rings is 1. The molecule has 0 aliphatic carbocycles. The predicted molar refractivity (Wildman–Crippen MR) is 67.8 cm³/mol. The lowest BCUT2D eigenvalue weighted by atomic mass is 9.76. The molecule has 0 spiro atoms. The molecule has 1 saturated heterocycles. The van der Waals surface area contributed by atoms with Gasteiger partial charge in [-0.15, -0.1) is 0 Å². The van der Waals surface area contributed by atoms with Gasteiger partial charge in [0, 0.05) is 19.5 Å². The van der Waals surface area contributed by atoms with E-state index in [9.17, 15) is 14.4 Å². The second-order valence-corrected chi connectivity index (χ2v) is 5.81. The zero-order valence-corrected chi connectivity index (χ0v) is 11.9. The van der Waals surface area contributed by atoms with Gasteiger partial charge >= 0.3 is 12.1 Å². The standard InChI is InChI=1S/C13H21NO5/c1-5-13(10(16)19-12(2,3)4)8-14(11(17)18)7-6-9(13)15/h5-8H2,1-4H3,(H,17,18). The summed E-state index contributed by atoms with van der Waals surface area (Å²) < 4.78 is 5.29. The molecule has 0 aromatic carbocycles. The quantitative estimate of drug-likeness (QED) is 0.610. The SMILES string of the molecule is CCC1(C(=O)OC(C)(C)C)CN(C(=O)O)CCC1=O. The van der Waals surface area contributed by atoms with E-state index in [0.29, 0.717) is 0 Å². The second kappa shape index (κ2) is 5.19. The van der Waals surface area contributed by atoms with Crippen LogP contribution >= 0.6 is 0 Å². The van der Waals surface area contributed by atoms with Crippen LogP contribution in [0.25, 0.3) is 0 Å². The highest BCUT2D eigenvalue weighted by molar-refractivity contribution is 6.05. The Balaban J connectivity index is 3.02. The molecule has 1 aliphatic rings. The van der Waals surface area contributed by atoms with Gasteiger partial charge in [-0.2, -0.15) is 0 Å². The van der Waals surface area contributed by atoms with E-state index in [1.807, 2.05) is 0 Å². The molecule has 1 atom stereocenters. The molecule has 6 heteroatoms. The van der Waals surface area contributed by atoms with E-state index in [4.69, 9.17) is 9.84 Å². The number of Topliss-reactive ketones (excluding diaryl/α,β-unsaturated/α-hetero) is 1. The van der Waals surface area contributed by atoms with Gasteiger partial charge in [0.1, 0.15) is 11.0 Å². The zero-order valence-electron chi connectivity index (χ0n) is 11.9. The van der Waals surface area contributed by atoms with Gasteiger partial charge in [0.05, 0.1) is 0 Å². The lowest BCUT2D eigenvalue weighted by Gasteiger charge is -2.39. The molecule has 108 valence electrons. The molecule has 1 N–H and O–H groups in total. The largest absolute Gasteiger partial charge is 0.465 e. The molecule has 0 radical (unpaired) electrons. The van der Waals surface area contributed by atoms with Crippen molar-refractivity contribution in [2.24, 2.45) is 5.41 Å². The van der Waals surface area contributed by atoms with Crippen LogP contribution in [-0.2, 0) is 14.3 Å². The van der Waals surface area contributed by atoms with Gasteiger partial charge in [0.15, 0.2) is 5.78 Å².